The molecule has 0 bridgehead atoms. The number of hydrogen-bond acceptors (Lipinski definition) is 4. The first-order valence-corrected chi connectivity index (χ1v) is 2.76. The van der Waals surface area contributed by atoms with E-state index in [9.17, 15) is 19.2 Å². The monoisotopic (exact) mass is 210 g/mol. The van der Waals surface area contributed by atoms with Crippen molar-refractivity contribution in [1.82, 2.24) is 0 Å². The third kappa shape index (κ3) is 18.0. The Hall–Kier alpha value is -1.37. The number of carboxylic acids is 2. The molecule has 0 aliphatic heterocycles. The maximum Gasteiger partial charge on any atom is 0.371 e. The van der Waals surface area contributed by atoms with Gasteiger partial charge < -0.3 is 10.2 Å². The molecular formula is C6H10O6S. The zero-order valence-electron chi connectivity index (χ0n) is 7.03. The van der Waals surface area contributed by atoms with Crippen LogP contribution >= 0.6 is 13.5 Å². The Balaban J connectivity index is -0.000000143. The van der Waals surface area contributed by atoms with Crippen molar-refractivity contribution in [2.45, 2.75) is 13.8 Å². The molecule has 0 saturated carbocycles. The van der Waals surface area contributed by atoms with Crippen LogP contribution in [0.1, 0.15) is 13.8 Å². The Morgan fingerprint density at radius 1 is 0.769 bits per heavy atom. The van der Waals surface area contributed by atoms with Crippen molar-refractivity contribution in [1.29, 1.82) is 0 Å². The van der Waals surface area contributed by atoms with Crippen molar-refractivity contribution in [2.24, 2.45) is 0 Å². The largest absolute Gasteiger partial charge is 0.476 e. The highest BCUT2D eigenvalue weighted by atomic mass is 32.1. The molecule has 0 saturated heterocycles. The van der Waals surface area contributed by atoms with Crippen LogP contribution in [-0.2, 0) is 19.2 Å². The minimum Gasteiger partial charge on any atom is -0.476 e. The molecule has 7 heteroatoms. The third-order valence-corrected chi connectivity index (χ3v) is 0.602. The predicted molar refractivity (Wildman–Crippen MR) is 47.0 cm³/mol. The second-order valence-electron chi connectivity index (χ2n) is 1.72. The summed E-state index contributed by atoms with van der Waals surface area (Å²) in [6.07, 6.45) is 0. The van der Waals surface area contributed by atoms with Crippen molar-refractivity contribution in [2.75, 3.05) is 0 Å². The Labute approximate surface area is 81.0 Å². The van der Waals surface area contributed by atoms with Gasteiger partial charge in [-0.15, -0.1) is 0 Å². The SMILES string of the molecule is CC(=O)C(=O)O.CC(=O)C(=O)O.S. The molecule has 6 nitrogen and oxygen atoms in total. The highest BCUT2D eigenvalue weighted by Gasteiger charge is 1.99. The van der Waals surface area contributed by atoms with Crippen molar-refractivity contribution < 1.29 is 29.4 Å². The average molecular weight is 210 g/mol. The van der Waals surface area contributed by atoms with Gasteiger partial charge in [0.1, 0.15) is 0 Å². The second-order valence-corrected chi connectivity index (χ2v) is 1.72. The van der Waals surface area contributed by atoms with Crippen LogP contribution in [0, 0.1) is 0 Å². The summed E-state index contributed by atoms with van der Waals surface area (Å²) in [5.41, 5.74) is 0. The van der Waals surface area contributed by atoms with Gasteiger partial charge in [-0.1, -0.05) is 0 Å². The van der Waals surface area contributed by atoms with Crippen molar-refractivity contribution in [3.8, 4) is 0 Å². The average Bonchev–Trinajstić information content (AvgIpc) is 1.88. The molecule has 0 aliphatic carbocycles. The van der Waals surface area contributed by atoms with Crippen LogP contribution < -0.4 is 0 Å². The highest BCUT2D eigenvalue weighted by Crippen LogP contribution is 1.62. The summed E-state index contributed by atoms with van der Waals surface area (Å²) in [6, 6.07) is 0. The van der Waals surface area contributed by atoms with Crippen molar-refractivity contribution in [3.63, 3.8) is 0 Å². The van der Waals surface area contributed by atoms with E-state index < -0.39 is 23.5 Å². The number of hydrogen-bond donors (Lipinski definition) is 2. The van der Waals surface area contributed by atoms with Gasteiger partial charge in [0.15, 0.2) is 0 Å². The minimum atomic E-state index is -1.38. The van der Waals surface area contributed by atoms with Gasteiger partial charge in [0.2, 0.25) is 11.6 Å². The first-order valence-electron chi connectivity index (χ1n) is 2.76. The first kappa shape index (κ1) is 17.6. The molecule has 0 aromatic heterocycles. The number of Topliss-reactive ketones (excluding diaryl/α,β-unsaturated/α-hetero) is 2. The lowest BCUT2D eigenvalue weighted by Crippen LogP contribution is -2.05. The molecule has 0 radical (unpaired) electrons. The van der Waals surface area contributed by atoms with E-state index in [-0.39, 0.29) is 13.5 Å². The van der Waals surface area contributed by atoms with Crippen LogP contribution in [0.4, 0.5) is 0 Å². The first-order chi connectivity index (χ1) is 5.29. The standard InChI is InChI=1S/2C3H4O3.H2S/c2*1-2(4)3(5)6;/h2*1H3,(H,5,6);1H2. The van der Waals surface area contributed by atoms with E-state index in [1.165, 1.54) is 0 Å². The number of carbonyl (C=O) groups is 4. The van der Waals surface area contributed by atoms with Crippen molar-refractivity contribution >= 4 is 37.0 Å². The lowest BCUT2D eigenvalue weighted by atomic mass is 10.5. The van der Waals surface area contributed by atoms with Crippen LogP contribution in [0.25, 0.3) is 0 Å². The Bertz CT molecular complexity index is 173. The normalized spacial score (nSPS) is 6.92. The highest BCUT2D eigenvalue weighted by molar-refractivity contribution is 7.59. The zero-order valence-corrected chi connectivity index (χ0v) is 8.03. The predicted octanol–water partition coefficient (Wildman–Crippen LogP) is -0.567. The van der Waals surface area contributed by atoms with Crippen LogP contribution in [0.15, 0.2) is 0 Å². The summed E-state index contributed by atoms with van der Waals surface area (Å²) < 4.78 is 0. The topological polar surface area (TPSA) is 109 Å². The summed E-state index contributed by atoms with van der Waals surface area (Å²) >= 11 is 0. The van der Waals surface area contributed by atoms with E-state index in [0.29, 0.717) is 0 Å². The lowest BCUT2D eigenvalue weighted by Gasteiger charge is -1.73. The number of carbonyl (C=O) groups excluding carboxylic acids is 2. The third-order valence-electron chi connectivity index (χ3n) is 0.602. The second kappa shape index (κ2) is 8.72. The molecule has 13 heavy (non-hydrogen) atoms. The van der Waals surface area contributed by atoms with E-state index >= 15 is 0 Å². The number of rotatable bonds is 2. The van der Waals surface area contributed by atoms with E-state index in [1.807, 2.05) is 0 Å². The molecule has 0 aliphatic rings. The molecule has 0 atom stereocenters. The molecule has 0 amide bonds. The minimum absolute atomic E-state index is 0. The lowest BCUT2D eigenvalue weighted by molar-refractivity contribution is -0.148. The molecule has 0 spiro atoms. The fourth-order valence-electron chi connectivity index (χ4n) is 0. The molecule has 0 aromatic rings. The summed E-state index contributed by atoms with van der Waals surface area (Å²) in [6.45, 7) is 2.00. The molecular weight excluding hydrogens is 200 g/mol. The van der Waals surface area contributed by atoms with Gasteiger partial charge in [-0.05, 0) is 0 Å². The van der Waals surface area contributed by atoms with Gasteiger partial charge in [0, 0.05) is 13.8 Å². The molecule has 0 unspecified atom stereocenters. The van der Waals surface area contributed by atoms with Crippen LogP contribution in [-0.4, -0.2) is 33.7 Å². The summed E-state index contributed by atoms with van der Waals surface area (Å²) in [5.74, 6) is -4.41. The molecule has 76 valence electrons. The van der Waals surface area contributed by atoms with Gasteiger partial charge >= 0.3 is 11.9 Å². The molecule has 0 fully saturated rings. The molecule has 0 heterocycles. The van der Waals surface area contributed by atoms with Crippen LogP contribution in [0.3, 0.4) is 0 Å². The van der Waals surface area contributed by atoms with Gasteiger partial charge in [0.25, 0.3) is 0 Å². The summed E-state index contributed by atoms with van der Waals surface area (Å²) in [5, 5.41) is 15.3. The maximum atomic E-state index is 9.54. The zero-order chi connectivity index (χ0) is 10.3. The fourth-order valence-corrected chi connectivity index (χ4v) is 0. The van der Waals surface area contributed by atoms with E-state index in [1.54, 1.807) is 0 Å². The van der Waals surface area contributed by atoms with Gasteiger partial charge in [-0.25, -0.2) is 9.59 Å². The van der Waals surface area contributed by atoms with Gasteiger partial charge in [0.05, 0.1) is 0 Å². The summed E-state index contributed by atoms with van der Waals surface area (Å²) in [4.78, 5) is 37.8. The van der Waals surface area contributed by atoms with Crippen molar-refractivity contribution in [3.05, 3.63) is 0 Å². The van der Waals surface area contributed by atoms with E-state index in [2.05, 4.69) is 0 Å². The van der Waals surface area contributed by atoms with E-state index in [4.69, 9.17) is 10.2 Å². The number of ketones is 2. The fraction of sp³-hybridized carbons (Fsp3) is 0.333. The Kier molecular flexibility index (Phi) is 11.8. The Morgan fingerprint density at radius 2 is 0.846 bits per heavy atom. The van der Waals surface area contributed by atoms with Crippen LogP contribution in [0.5, 0.6) is 0 Å². The number of aliphatic carboxylic acids is 2. The van der Waals surface area contributed by atoms with Gasteiger partial charge in [-0.2, -0.15) is 13.5 Å². The van der Waals surface area contributed by atoms with Crippen LogP contribution in [0.2, 0.25) is 0 Å². The quantitative estimate of drug-likeness (QED) is 0.591. The van der Waals surface area contributed by atoms with E-state index in [0.717, 1.165) is 13.8 Å². The maximum absolute atomic E-state index is 9.54. The Morgan fingerprint density at radius 3 is 0.846 bits per heavy atom. The molecule has 0 aromatic carbocycles. The number of carboxylic acid groups (broad SMARTS) is 2. The molecule has 0 rings (SSSR count). The van der Waals surface area contributed by atoms with Gasteiger partial charge in [-0.3, -0.25) is 9.59 Å². The summed E-state index contributed by atoms with van der Waals surface area (Å²) in [7, 11) is 0. The smallest absolute Gasteiger partial charge is 0.371 e. The molecule has 2 N–H and O–H groups in total.